The topological polar surface area (TPSA) is 36.8 Å². The van der Waals surface area contributed by atoms with Crippen LogP contribution in [0.2, 0.25) is 0 Å². The van der Waals surface area contributed by atoms with Gasteiger partial charge in [0.1, 0.15) is 0 Å². The fourth-order valence-corrected chi connectivity index (χ4v) is 8.47. The predicted octanol–water partition coefficient (Wildman–Crippen LogP) is 17.8. The number of allylic oxidation sites excluding steroid dienone is 3. The van der Waals surface area contributed by atoms with Crippen molar-refractivity contribution in [2.45, 2.75) is 221 Å². The van der Waals surface area contributed by atoms with Crippen LogP contribution in [0.15, 0.2) is 34.3 Å². The quantitative estimate of drug-likeness (QED) is 0.101. The van der Waals surface area contributed by atoms with E-state index in [2.05, 4.69) is 142 Å². The molecule has 0 aromatic heterocycles. The smallest absolute Gasteiger partial charge is 0.0680 e. The molecule has 0 aromatic carbocycles. The average molecular weight is 1000 g/mol. The first-order valence-corrected chi connectivity index (χ1v) is 31.9. The van der Waals surface area contributed by atoms with Gasteiger partial charge < -0.3 is 14.7 Å². The Hall–Kier alpha value is -1.20. The molecule has 6 heteroatoms. The third kappa shape index (κ3) is 56.9. The van der Waals surface area contributed by atoms with E-state index in [-0.39, 0.29) is 5.41 Å². The van der Waals surface area contributed by atoms with Gasteiger partial charge in [0, 0.05) is 37.8 Å². The summed E-state index contributed by atoms with van der Waals surface area (Å²) in [4.78, 5) is 14.4. The molecule has 0 atom stereocenters. The van der Waals surface area contributed by atoms with Crippen molar-refractivity contribution >= 4 is 19.8 Å². The summed E-state index contributed by atoms with van der Waals surface area (Å²) in [6, 6.07) is 2.10. The molecule has 3 fully saturated rings. The molecule has 380 valence electrons. The summed E-state index contributed by atoms with van der Waals surface area (Å²) in [5.74, 6) is 4.45. The van der Waals surface area contributed by atoms with E-state index in [0.717, 1.165) is 29.6 Å². The Morgan fingerprint density at radius 2 is 1.25 bits per heavy atom. The fourth-order valence-electron chi connectivity index (χ4n) is 6.19. The third-order valence-corrected chi connectivity index (χ3v) is 12.9. The van der Waals surface area contributed by atoms with Gasteiger partial charge in [0.05, 0.1) is 6.07 Å². The molecule has 0 spiro atoms. The molecule has 3 rings (SSSR count). The van der Waals surface area contributed by atoms with E-state index in [4.69, 9.17) is 5.26 Å². The van der Waals surface area contributed by atoms with Crippen molar-refractivity contribution in [3.63, 3.8) is 0 Å². The van der Waals surface area contributed by atoms with Crippen LogP contribution in [0.5, 0.6) is 0 Å². The summed E-state index contributed by atoms with van der Waals surface area (Å²) >= 11 is -0.690. The van der Waals surface area contributed by atoms with Gasteiger partial charge in [-0.15, -0.1) is 0 Å². The zero-order valence-electron chi connectivity index (χ0n) is 47.5. The Morgan fingerprint density at radius 1 is 0.778 bits per heavy atom. The molecule has 0 bridgehead atoms. The van der Waals surface area contributed by atoms with Crippen molar-refractivity contribution in [2.75, 3.05) is 69.8 Å². The number of nitrogens with zero attached hydrogens (tertiary/aromatic N) is 5. The molecular formula is C57H120IN5. The first-order valence-electron chi connectivity index (χ1n) is 26.4. The molecule has 0 radical (unpaired) electrons. The summed E-state index contributed by atoms with van der Waals surface area (Å²) in [5, 5.41) is 8.15. The Labute approximate surface area is 408 Å². The minimum absolute atomic E-state index is 0.153. The van der Waals surface area contributed by atoms with Gasteiger partial charge in [-0.2, -0.15) is 5.26 Å². The average Bonchev–Trinajstić information content (AvgIpc) is 3.64. The van der Waals surface area contributed by atoms with Crippen LogP contribution >= 0.6 is 19.8 Å². The maximum atomic E-state index is 8.15. The van der Waals surface area contributed by atoms with Gasteiger partial charge in [-0.3, -0.25) is 0 Å². The molecule has 0 aromatic rings. The first-order chi connectivity index (χ1) is 29.6. The summed E-state index contributed by atoms with van der Waals surface area (Å²) in [6.07, 6.45) is 25.2. The van der Waals surface area contributed by atoms with E-state index in [1.807, 2.05) is 55.4 Å². The van der Waals surface area contributed by atoms with Gasteiger partial charge >= 0.3 is 91.1 Å². The summed E-state index contributed by atoms with van der Waals surface area (Å²) in [6.45, 7) is 51.4. The first kappa shape index (κ1) is 70.8. The number of alkyl halides is 2. The van der Waals surface area contributed by atoms with Gasteiger partial charge in [0.2, 0.25) is 0 Å². The minimum Gasteiger partial charge on any atom is -0.381 e. The number of hydrogen-bond donors (Lipinski definition) is 0. The van der Waals surface area contributed by atoms with Crippen molar-refractivity contribution in [3.8, 4) is 6.07 Å². The number of likely N-dealkylation sites (tertiary alicyclic amines) is 2. The maximum absolute atomic E-state index is 8.15. The summed E-state index contributed by atoms with van der Waals surface area (Å²) in [7, 11) is 4.32. The number of halogens is 1. The second-order valence-electron chi connectivity index (χ2n) is 20.5. The predicted molar refractivity (Wildman–Crippen MR) is 302 cm³/mol. The molecule has 2 heterocycles. The molecule has 1 saturated carbocycles. The van der Waals surface area contributed by atoms with Crippen LogP contribution in [-0.4, -0.2) is 89.4 Å². The summed E-state index contributed by atoms with van der Waals surface area (Å²) in [5.41, 5.74) is 2.67. The van der Waals surface area contributed by atoms with Gasteiger partial charge in [-0.1, -0.05) is 134 Å². The number of nitriles is 1. The maximum Gasteiger partial charge on any atom is 0.0680 e. The molecular weight excluding hydrogens is 882 g/mol. The van der Waals surface area contributed by atoms with Crippen LogP contribution in [0.4, 0.5) is 0 Å². The van der Waals surface area contributed by atoms with Crippen LogP contribution < -0.4 is 0 Å². The number of unbranched alkanes of at least 4 members (excludes halogenated alkanes) is 1. The van der Waals surface area contributed by atoms with Gasteiger partial charge in [-0.25, -0.2) is 0 Å². The molecule has 1 aliphatic carbocycles. The number of rotatable bonds is 18. The Bertz CT molecular complexity index is 1040. The van der Waals surface area contributed by atoms with Crippen molar-refractivity contribution in [3.05, 3.63) is 34.3 Å². The molecule has 2 saturated heterocycles. The zero-order valence-corrected chi connectivity index (χ0v) is 49.7. The Kier molecular flexibility index (Phi) is 54.8. The van der Waals surface area contributed by atoms with E-state index >= 15 is 0 Å². The van der Waals surface area contributed by atoms with Crippen LogP contribution in [0, 0.1) is 46.3 Å². The molecule has 2 aliphatic heterocycles. The van der Waals surface area contributed by atoms with Gasteiger partial charge in [0.25, 0.3) is 0 Å². The van der Waals surface area contributed by atoms with Gasteiger partial charge in [-0.05, 0) is 122 Å². The van der Waals surface area contributed by atoms with E-state index in [9.17, 15) is 0 Å². The SMILES string of the molecule is C/C(=C/I(C)C)N(C)CCC(C)C.C/C=C\N(C)CCC(C)C.C=C1CCCN1CCC(C)C.CC.CC.CC(C)(C)C#N.CC(C)CCN1CCCCC1.CCCCC1CCC1. The minimum atomic E-state index is -0.690. The second kappa shape index (κ2) is 48.7. The van der Waals surface area contributed by atoms with Crippen LogP contribution in [-0.2, 0) is 0 Å². The second-order valence-corrected chi connectivity index (χ2v) is 25.8. The van der Waals surface area contributed by atoms with E-state index in [1.165, 1.54) is 154 Å². The van der Waals surface area contributed by atoms with E-state index in [0.29, 0.717) is 0 Å². The van der Waals surface area contributed by atoms with Crippen molar-refractivity contribution in [2.24, 2.45) is 35.0 Å². The van der Waals surface area contributed by atoms with E-state index < -0.39 is 19.8 Å². The van der Waals surface area contributed by atoms with Crippen molar-refractivity contribution in [1.29, 1.82) is 5.26 Å². The van der Waals surface area contributed by atoms with Crippen LogP contribution in [0.3, 0.4) is 0 Å². The molecule has 0 N–H and O–H groups in total. The molecule has 0 amide bonds. The molecule has 5 nitrogen and oxygen atoms in total. The fraction of sp³-hybridized carbons (Fsp3) is 0.877. The standard InChI is InChI=1S/C11H24IN.C10H19N.C10H21N.C9H19N.C8H16.C5H9N.2C2H6/c1-10(2)7-8-13(6)11(3)9-12(4)5;1-9(2)6-8-11-7-4-5-10(11)3;1-10(2)6-9-11-7-4-3-5-8-11;1-5-7-10(4)8-6-9(2)3;1-2-3-5-8-6-4-7-8;1-5(2,3)4-6;2*1-2/h9-10H,7-8H2,1-6H3;9H,3-8H2,1-2H3;10H,3-9H2,1-2H3;5,7,9H,6,8H2,1-4H3;8H,2-7H2,1H3;1-3H3;2*1-2H3/b11-9-;;;7-5-;;;;. The van der Waals surface area contributed by atoms with E-state index in [1.54, 1.807) is 0 Å². The monoisotopic (exact) mass is 1000 g/mol. The largest absolute Gasteiger partial charge is 0.381 e. The normalized spacial score (nSPS) is 15.3. The summed E-state index contributed by atoms with van der Waals surface area (Å²) < 4.78 is 2.48. The van der Waals surface area contributed by atoms with Crippen LogP contribution in [0.25, 0.3) is 0 Å². The van der Waals surface area contributed by atoms with Crippen LogP contribution in [0.1, 0.15) is 221 Å². The van der Waals surface area contributed by atoms with Crippen molar-refractivity contribution in [1.82, 2.24) is 19.6 Å². The van der Waals surface area contributed by atoms with Crippen molar-refractivity contribution < 1.29 is 0 Å². The molecule has 63 heavy (non-hydrogen) atoms. The molecule has 3 aliphatic rings. The molecule has 0 unspecified atom stereocenters. The Morgan fingerprint density at radius 3 is 1.62 bits per heavy atom. The Balaban J connectivity index is -0.000000212. The number of piperidine rings is 1. The third-order valence-electron chi connectivity index (χ3n) is 10.8. The van der Waals surface area contributed by atoms with Gasteiger partial charge in [0.15, 0.2) is 0 Å². The number of hydrogen-bond acceptors (Lipinski definition) is 5. The zero-order chi connectivity index (χ0) is 49.8.